The molecular formula is C28H21N3O4. The van der Waals surface area contributed by atoms with E-state index in [0.717, 1.165) is 10.5 Å². The summed E-state index contributed by atoms with van der Waals surface area (Å²) in [5.41, 5.74) is 3.43. The molecule has 0 unspecified atom stereocenters. The molecule has 4 aromatic rings. The van der Waals surface area contributed by atoms with Crippen molar-refractivity contribution in [2.24, 2.45) is 0 Å². The number of benzene rings is 3. The smallest absolute Gasteiger partial charge is 0.266 e. The third-order valence-corrected chi connectivity index (χ3v) is 6.45. The Morgan fingerprint density at radius 1 is 0.800 bits per heavy atom. The number of fused-ring (bicyclic) bond motifs is 2. The van der Waals surface area contributed by atoms with Gasteiger partial charge in [-0.25, -0.2) is 9.88 Å². The number of rotatable bonds is 3. The third kappa shape index (κ3) is 3.48. The summed E-state index contributed by atoms with van der Waals surface area (Å²) in [6, 6.07) is 23.4. The average Bonchev–Trinajstić information content (AvgIpc) is 3.18. The molecule has 0 aliphatic carbocycles. The van der Waals surface area contributed by atoms with Gasteiger partial charge in [-0.1, -0.05) is 54.6 Å². The van der Waals surface area contributed by atoms with E-state index in [1.54, 1.807) is 47.4 Å². The Morgan fingerprint density at radius 3 is 2.14 bits per heavy atom. The minimum absolute atomic E-state index is 0.127. The fourth-order valence-corrected chi connectivity index (χ4v) is 4.69. The first kappa shape index (κ1) is 21.2. The lowest BCUT2D eigenvalue weighted by atomic mass is 10.0. The molecule has 1 aromatic heterocycles. The highest BCUT2D eigenvalue weighted by molar-refractivity contribution is 6.36. The highest BCUT2D eigenvalue weighted by Crippen LogP contribution is 2.36. The minimum Gasteiger partial charge on any atom is -0.378 e. The summed E-state index contributed by atoms with van der Waals surface area (Å²) in [5, 5.41) is 0.593. The zero-order valence-corrected chi connectivity index (χ0v) is 18.8. The maximum Gasteiger partial charge on any atom is 0.266 e. The number of para-hydroxylation sites is 1. The molecular weight excluding hydrogens is 442 g/mol. The summed E-state index contributed by atoms with van der Waals surface area (Å²) in [6.07, 6.45) is 0. The lowest BCUT2D eigenvalue weighted by Crippen LogP contribution is -2.40. The van der Waals surface area contributed by atoms with Crippen LogP contribution in [0.1, 0.15) is 31.1 Å². The van der Waals surface area contributed by atoms with Crippen molar-refractivity contribution in [1.82, 2.24) is 9.88 Å². The standard InChI is InChI=1S/C28H21N3O4/c32-26(30-13-15-35-16-14-30)22-17-23(18-7-2-1-3-8-18)29-25-19(22)11-6-12-24(25)31-27(33)20-9-4-5-10-21(20)28(31)34/h1-12,17H,13-16H2. The molecule has 0 radical (unpaired) electrons. The van der Waals surface area contributed by atoms with E-state index in [1.165, 1.54) is 0 Å². The molecule has 6 rings (SSSR count). The van der Waals surface area contributed by atoms with Crippen LogP contribution in [0.5, 0.6) is 0 Å². The minimum atomic E-state index is -0.397. The SMILES string of the molecule is O=C(c1cc(-c2ccccc2)nc2c(N3C(=O)c4ccccc4C3=O)cccc12)N1CCOCC1. The molecule has 35 heavy (non-hydrogen) atoms. The molecule has 2 aliphatic heterocycles. The number of hydrogen-bond acceptors (Lipinski definition) is 5. The fraction of sp³-hybridized carbons (Fsp3) is 0.143. The van der Waals surface area contributed by atoms with Crippen LogP contribution in [0.15, 0.2) is 78.9 Å². The van der Waals surface area contributed by atoms with Crippen molar-refractivity contribution in [3.8, 4) is 11.3 Å². The second kappa shape index (κ2) is 8.45. The van der Waals surface area contributed by atoms with Gasteiger partial charge in [-0.2, -0.15) is 0 Å². The van der Waals surface area contributed by atoms with Crippen LogP contribution in [0.4, 0.5) is 5.69 Å². The van der Waals surface area contributed by atoms with Gasteiger partial charge in [0.2, 0.25) is 0 Å². The molecule has 0 atom stereocenters. The zero-order valence-electron chi connectivity index (χ0n) is 18.8. The Labute approximate surface area is 201 Å². The van der Waals surface area contributed by atoms with Crippen molar-refractivity contribution in [3.63, 3.8) is 0 Å². The second-order valence-electron chi connectivity index (χ2n) is 8.49. The topological polar surface area (TPSA) is 79.8 Å². The van der Waals surface area contributed by atoms with Crippen LogP contribution in [0, 0.1) is 0 Å². The van der Waals surface area contributed by atoms with Crippen LogP contribution in [0.25, 0.3) is 22.2 Å². The van der Waals surface area contributed by atoms with Crippen LogP contribution >= 0.6 is 0 Å². The number of carbonyl (C=O) groups excluding carboxylic acids is 3. The molecule has 3 heterocycles. The van der Waals surface area contributed by atoms with Gasteiger partial charge in [-0.3, -0.25) is 14.4 Å². The molecule has 1 saturated heterocycles. The monoisotopic (exact) mass is 463 g/mol. The predicted octanol–water partition coefficient (Wildman–Crippen LogP) is 4.17. The zero-order chi connectivity index (χ0) is 23.9. The van der Waals surface area contributed by atoms with E-state index in [1.807, 2.05) is 36.4 Å². The summed E-state index contributed by atoms with van der Waals surface area (Å²) in [7, 11) is 0. The van der Waals surface area contributed by atoms with Crippen molar-refractivity contribution in [2.75, 3.05) is 31.2 Å². The maximum atomic E-state index is 13.6. The Morgan fingerprint density at radius 2 is 1.46 bits per heavy atom. The molecule has 7 heteroatoms. The van der Waals surface area contributed by atoms with Gasteiger partial charge < -0.3 is 9.64 Å². The molecule has 3 aromatic carbocycles. The first-order valence-electron chi connectivity index (χ1n) is 11.5. The van der Waals surface area contributed by atoms with E-state index in [9.17, 15) is 14.4 Å². The molecule has 0 spiro atoms. The van der Waals surface area contributed by atoms with Crippen molar-refractivity contribution in [2.45, 2.75) is 0 Å². The summed E-state index contributed by atoms with van der Waals surface area (Å²) >= 11 is 0. The number of nitrogens with zero attached hydrogens (tertiary/aromatic N) is 3. The second-order valence-corrected chi connectivity index (χ2v) is 8.49. The van der Waals surface area contributed by atoms with Crippen LogP contribution in [0.2, 0.25) is 0 Å². The van der Waals surface area contributed by atoms with E-state index >= 15 is 0 Å². The average molecular weight is 463 g/mol. The van der Waals surface area contributed by atoms with E-state index in [4.69, 9.17) is 9.72 Å². The summed E-state index contributed by atoms with van der Waals surface area (Å²) in [5.74, 6) is -0.922. The Hall–Kier alpha value is -4.36. The molecule has 1 fully saturated rings. The number of ether oxygens (including phenoxy) is 1. The van der Waals surface area contributed by atoms with E-state index in [0.29, 0.717) is 65.3 Å². The van der Waals surface area contributed by atoms with Gasteiger partial charge in [0, 0.05) is 24.0 Å². The van der Waals surface area contributed by atoms with Crippen molar-refractivity contribution in [3.05, 3.63) is 95.6 Å². The predicted molar refractivity (Wildman–Crippen MR) is 131 cm³/mol. The Kier molecular flexibility index (Phi) is 5.12. The Balaban J connectivity index is 1.57. The van der Waals surface area contributed by atoms with Crippen LogP contribution in [0.3, 0.4) is 0 Å². The number of anilines is 1. The van der Waals surface area contributed by atoms with Crippen LogP contribution < -0.4 is 4.90 Å². The van der Waals surface area contributed by atoms with Gasteiger partial charge in [0.1, 0.15) is 0 Å². The number of aromatic nitrogens is 1. The van der Waals surface area contributed by atoms with Crippen molar-refractivity contribution >= 4 is 34.3 Å². The normalized spacial score (nSPS) is 15.5. The first-order chi connectivity index (χ1) is 17.1. The summed E-state index contributed by atoms with van der Waals surface area (Å²) in [4.78, 5) is 48.0. The molecule has 0 N–H and O–H groups in total. The fourth-order valence-electron chi connectivity index (χ4n) is 4.69. The van der Waals surface area contributed by atoms with E-state index in [-0.39, 0.29) is 5.91 Å². The van der Waals surface area contributed by atoms with E-state index < -0.39 is 11.8 Å². The molecule has 2 aliphatic rings. The number of amides is 3. The number of morpholine rings is 1. The molecule has 7 nitrogen and oxygen atoms in total. The lowest BCUT2D eigenvalue weighted by Gasteiger charge is -2.27. The molecule has 0 bridgehead atoms. The van der Waals surface area contributed by atoms with Gasteiger partial charge in [-0.05, 0) is 24.3 Å². The maximum absolute atomic E-state index is 13.6. The molecule has 3 amide bonds. The summed E-state index contributed by atoms with van der Waals surface area (Å²) in [6.45, 7) is 1.98. The van der Waals surface area contributed by atoms with Gasteiger partial charge in [0.05, 0.1) is 46.8 Å². The molecule has 172 valence electrons. The van der Waals surface area contributed by atoms with E-state index in [2.05, 4.69) is 0 Å². The highest BCUT2D eigenvalue weighted by Gasteiger charge is 2.37. The third-order valence-electron chi connectivity index (χ3n) is 6.45. The lowest BCUT2D eigenvalue weighted by molar-refractivity contribution is 0.0304. The summed E-state index contributed by atoms with van der Waals surface area (Å²) < 4.78 is 5.42. The van der Waals surface area contributed by atoms with Gasteiger partial charge in [0.15, 0.2) is 0 Å². The van der Waals surface area contributed by atoms with Gasteiger partial charge >= 0.3 is 0 Å². The molecule has 0 saturated carbocycles. The Bertz CT molecular complexity index is 1460. The van der Waals surface area contributed by atoms with Crippen LogP contribution in [-0.2, 0) is 4.74 Å². The first-order valence-corrected chi connectivity index (χ1v) is 11.5. The number of hydrogen-bond donors (Lipinski definition) is 0. The van der Waals surface area contributed by atoms with Gasteiger partial charge in [-0.15, -0.1) is 0 Å². The van der Waals surface area contributed by atoms with Gasteiger partial charge in [0.25, 0.3) is 17.7 Å². The van der Waals surface area contributed by atoms with Crippen LogP contribution in [-0.4, -0.2) is 53.9 Å². The quantitative estimate of drug-likeness (QED) is 0.426. The number of imide groups is 1. The largest absolute Gasteiger partial charge is 0.378 e. The number of pyridine rings is 1. The highest BCUT2D eigenvalue weighted by atomic mass is 16.5. The van der Waals surface area contributed by atoms with Crippen molar-refractivity contribution < 1.29 is 19.1 Å². The van der Waals surface area contributed by atoms with Crippen molar-refractivity contribution in [1.29, 1.82) is 0 Å². The number of carbonyl (C=O) groups is 3.